The lowest BCUT2D eigenvalue weighted by atomic mass is 10.00. The van der Waals surface area contributed by atoms with Crippen LogP contribution in [0.4, 0.5) is 0 Å². The van der Waals surface area contributed by atoms with Crippen molar-refractivity contribution in [1.29, 1.82) is 0 Å². The van der Waals surface area contributed by atoms with Crippen LogP contribution in [0.5, 0.6) is 0 Å². The van der Waals surface area contributed by atoms with Gasteiger partial charge in [0.25, 0.3) is 0 Å². The zero-order valence-electron chi connectivity index (χ0n) is 9.17. The Bertz CT molecular complexity index is 344. The van der Waals surface area contributed by atoms with Crippen molar-refractivity contribution >= 4 is 28.7 Å². The first-order valence-corrected chi connectivity index (χ1v) is 6.06. The monoisotopic (exact) mass is 246 g/mol. The number of Topliss-reactive ketones (excluding diaryl/α,β-unsaturated/α-hetero) is 1. The van der Waals surface area contributed by atoms with E-state index >= 15 is 0 Å². The van der Waals surface area contributed by atoms with E-state index in [2.05, 4.69) is 0 Å². The molecule has 0 spiro atoms. The van der Waals surface area contributed by atoms with Crippen molar-refractivity contribution < 1.29 is 9.53 Å². The van der Waals surface area contributed by atoms with E-state index in [1.54, 1.807) is 13.8 Å². The fourth-order valence-corrected chi connectivity index (χ4v) is 2.35. The lowest BCUT2D eigenvalue weighted by Crippen LogP contribution is -2.36. The summed E-state index contributed by atoms with van der Waals surface area (Å²) in [6, 6.07) is 3.69. The zero-order chi connectivity index (χ0) is 11.5. The first-order valence-electron chi connectivity index (χ1n) is 4.87. The van der Waals surface area contributed by atoms with Gasteiger partial charge in [-0.1, -0.05) is 11.6 Å². The lowest BCUT2D eigenvalue weighted by molar-refractivity contribution is -0.139. The molecular formula is C11H15ClO2S. The van der Waals surface area contributed by atoms with Crippen molar-refractivity contribution in [3.63, 3.8) is 0 Å². The van der Waals surface area contributed by atoms with E-state index in [9.17, 15) is 4.79 Å². The third-order valence-electron chi connectivity index (χ3n) is 2.14. The van der Waals surface area contributed by atoms with Crippen molar-refractivity contribution in [3.05, 3.63) is 21.3 Å². The SMILES string of the molecule is CCOC(C)(C)C(=O)Cc1ccc(Cl)s1. The van der Waals surface area contributed by atoms with Crippen LogP contribution >= 0.6 is 22.9 Å². The molecule has 0 atom stereocenters. The molecule has 1 heterocycles. The Balaban J connectivity index is 2.63. The number of ketones is 1. The number of carbonyl (C=O) groups is 1. The fraction of sp³-hybridized carbons (Fsp3) is 0.545. The topological polar surface area (TPSA) is 26.3 Å². The molecule has 0 aromatic carbocycles. The van der Waals surface area contributed by atoms with Crippen LogP contribution in [0.1, 0.15) is 25.6 Å². The van der Waals surface area contributed by atoms with Crippen LogP contribution in [-0.2, 0) is 16.0 Å². The highest BCUT2D eigenvalue weighted by Crippen LogP contribution is 2.24. The Morgan fingerprint density at radius 1 is 1.53 bits per heavy atom. The van der Waals surface area contributed by atoms with Crippen LogP contribution in [0, 0.1) is 0 Å². The van der Waals surface area contributed by atoms with Crippen LogP contribution < -0.4 is 0 Å². The molecule has 1 rings (SSSR count). The Kier molecular flexibility index (Phi) is 4.32. The van der Waals surface area contributed by atoms with Crippen LogP contribution in [0.15, 0.2) is 12.1 Å². The molecule has 4 heteroatoms. The molecule has 1 aromatic rings. The number of thiophene rings is 1. The Hall–Kier alpha value is -0.380. The van der Waals surface area contributed by atoms with Crippen LogP contribution in [0.2, 0.25) is 4.34 Å². The molecule has 0 unspecified atom stereocenters. The maximum atomic E-state index is 11.9. The van der Waals surface area contributed by atoms with E-state index in [1.807, 2.05) is 19.1 Å². The zero-order valence-corrected chi connectivity index (χ0v) is 10.7. The minimum atomic E-state index is -0.703. The number of halogens is 1. The smallest absolute Gasteiger partial charge is 0.169 e. The highest BCUT2D eigenvalue weighted by Gasteiger charge is 2.27. The average Bonchev–Trinajstić information content (AvgIpc) is 2.51. The molecule has 0 aliphatic rings. The molecule has 0 aliphatic carbocycles. The van der Waals surface area contributed by atoms with E-state index in [0.717, 1.165) is 4.88 Å². The van der Waals surface area contributed by atoms with Gasteiger partial charge in [-0.15, -0.1) is 11.3 Å². The van der Waals surface area contributed by atoms with E-state index in [1.165, 1.54) is 11.3 Å². The molecule has 0 bridgehead atoms. The predicted octanol–water partition coefficient (Wildman–Crippen LogP) is 3.33. The first-order chi connectivity index (χ1) is 6.95. The molecule has 0 saturated carbocycles. The number of carbonyl (C=O) groups excluding carboxylic acids is 1. The van der Waals surface area contributed by atoms with E-state index in [0.29, 0.717) is 17.4 Å². The van der Waals surface area contributed by atoms with Crippen molar-refractivity contribution in [2.24, 2.45) is 0 Å². The van der Waals surface area contributed by atoms with Gasteiger partial charge in [-0.25, -0.2) is 0 Å². The molecule has 0 radical (unpaired) electrons. The number of ether oxygens (including phenoxy) is 1. The third kappa shape index (κ3) is 3.59. The largest absolute Gasteiger partial charge is 0.368 e. The van der Waals surface area contributed by atoms with E-state index < -0.39 is 5.60 Å². The Morgan fingerprint density at radius 2 is 2.20 bits per heavy atom. The molecule has 0 fully saturated rings. The summed E-state index contributed by atoms with van der Waals surface area (Å²) in [4.78, 5) is 12.9. The summed E-state index contributed by atoms with van der Waals surface area (Å²) >= 11 is 7.23. The van der Waals surface area contributed by atoms with Gasteiger partial charge in [0.05, 0.1) is 4.34 Å². The lowest BCUT2D eigenvalue weighted by Gasteiger charge is -2.22. The maximum Gasteiger partial charge on any atom is 0.169 e. The summed E-state index contributed by atoms with van der Waals surface area (Å²) in [5.74, 6) is 0.0860. The van der Waals surface area contributed by atoms with Crippen molar-refractivity contribution in [2.75, 3.05) is 6.61 Å². The summed E-state index contributed by atoms with van der Waals surface area (Å²) in [5, 5.41) is 0. The molecule has 0 N–H and O–H groups in total. The highest BCUT2D eigenvalue weighted by molar-refractivity contribution is 7.16. The second kappa shape index (κ2) is 5.10. The van der Waals surface area contributed by atoms with Crippen LogP contribution in [0.3, 0.4) is 0 Å². The molecule has 2 nitrogen and oxygen atoms in total. The third-order valence-corrected chi connectivity index (χ3v) is 3.37. The van der Waals surface area contributed by atoms with Crippen molar-refractivity contribution in [1.82, 2.24) is 0 Å². The molecule has 0 amide bonds. The standard InChI is InChI=1S/C11H15ClO2S/c1-4-14-11(2,3)9(13)7-8-5-6-10(12)15-8/h5-6H,4,7H2,1-3H3. The highest BCUT2D eigenvalue weighted by atomic mass is 35.5. The molecule has 0 saturated heterocycles. The second-order valence-electron chi connectivity index (χ2n) is 3.75. The van der Waals surface area contributed by atoms with Crippen LogP contribution in [-0.4, -0.2) is 18.0 Å². The van der Waals surface area contributed by atoms with E-state index in [-0.39, 0.29) is 5.78 Å². The molecule has 84 valence electrons. The fourth-order valence-electron chi connectivity index (χ4n) is 1.26. The Morgan fingerprint density at radius 3 is 2.67 bits per heavy atom. The maximum absolute atomic E-state index is 11.9. The minimum absolute atomic E-state index is 0.0860. The quantitative estimate of drug-likeness (QED) is 0.797. The van der Waals surface area contributed by atoms with Gasteiger partial charge in [-0.3, -0.25) is 4.79 Å². The van der Waals surface area contributed by atoms with Gasteiger partial charge in [0.15, 0.2) is 5.78 Å². The summed E-state index contributed by atoms with van der Waals surface area (Å²) in [6.45, 7) is 6.03. The summed E-state index contributed by atoms with van der Waals surface area (Å²) in [7, 11) is 0. The van der Waals surface area contributed by atoms with E-state index in [4.69, 9.17) is 16.3 Å². The normalized spacial score (nSPS) is 11.7. The predicted molar refractivity (Wildman–Crippen MR) is 63.7 cm³/mol. The summed E-state index contributed by atoms with van der Waals surface area (Å²) < 4.78 is 6.11. The Labute approximate surface area is 99.2 Å². The van der Waals surface area contributed by atoms with Crippen molar-refractivity contribution in [3.8, 4) is 0 Å². The first kappa shape index (κ1) is 12.7. The molecule has 15 heavy (non-hydrogen) atoms. The van der Waals surface area contributed by atoms with Gasteiger partial charge in [-0.05, 0) is 32.9 Å². The molecule has 0 aliphatic heterocycles. The summed E-state index contributed by atoms with van der Waals surface area (Å²) in [5.41, 5.74) is -0.703. The molecule has 1 aromatic heterocycles. The average molecular weight is 247 g/mol. The second-order valence-corrected chi connectivity index (χ2v) is 5.55. The van der Waals surface area contributed by atoms with Gasteiger partial charge in [0.1, 0.15) is 5.60 Å². The van der Waals surface area contributed by atoms with Gasteiger partial charge in [-0.2, -0.15) is 0 Å². The van der Waals surface area contributed by atoms with Crippen molar-refractivity contribution in [2.45, 2.75) is 32.8 Å². The van der Waals surface area contributed by atoms with Gasteiger partial charge in [0.2, 0.25) is 0 Å². The van der Waals surface area contributed by atoms with Gasteiger partial charge >= 0.3 is 0 Å². The minimum Gasteiger partial charge on any atom is -0.368 e. The van der Waals surface area contributed by atoms with Gasteiger partial charge in [0, 0.05) is 17.9 Å². The molecular weight excluding hydrogens is 232 g/mol. The number of hydrogen-bond donors (Lipinski definition) is 0. The summed E-state index contributed by atoms with van der Waals surface area (Å²) in [6.07, 6.45) is 0.393. The van der Waals surface area contributed by atoms with Crippen LogP contribution in [0.25, 0.3) is 0 Å². The number of hydrogen-bond acceptors (Lipinski definition) is 3. The van der Waals surface area contributed by atoms with Gasteiger partial charge < -0.3 is 4.74 Å². The number of rotatable bonds is 5.